The summed E-state index contributed by atoms with van der Waals surface area (Å²) in [7, 11) is 0. The van der Waals surface area contributed by atoms with Crippen molar-refractivity contribution in [2.45, 2.75) is 43.9 Å². The van der Waals surface area contributed by atoms with E-state index in [0.717, 1.165) is 6.54 Å². The van der Waals surface area contributed by atoms with E-state index in [-0.39, 0.29) is 5.91 Å². The van der Waals surface area contributed by atoms with E-state index in [0.29, 0.717) is 11.7 Å². The number of rotatable bonds is 4. The van der Waals surface area contributed by atoms with Gasteiger partial charge in [-0.05, 0) is 32.4 Å². The normalized spacial score (nSPS) is 22.4. The number of amides is 1. The molecular weight excluding hydrogens is 196 g/mol. The van der Waals surface area contributed by atoms with Gasteiger partial charge in [0.1, 0.15) is 0 Å². The van der Waals surface area contributed by atoms with Crippen molar-refractivity contribution in [3.8, 4) is 0 Å². The Bertz CT molecular complexity index is 195. The van der Waals surface area contributed by atoms with E-state index in [9.17, 15) is 4.79 Å². The van der Waals surface area contributed by atoms with Crippen molar-refractivity contribution in [1.82, 2.24) is 5.32 Å². The average Bonchev–Trinajstić information content (AvgIpc) is 2.49. The monoisotopic (exact) mass is 216 g/mol. The van der Waals surface area contributed by atoms with Crippen molar-refractivity contribution in [2.75, 3.05) is 12.3 Å². The van der Waals surface area contributed by atoms with Crippen LogP contribution in [0.25, 0.3) is 0 Å². The summed E-state index contributed by atoms with van der Waals surface area (Å²) in [5.41, 5.74) is 5.36. The lowest BCUT2D eigenvalue weighted by Gasteiger charge is -2.18. The van der Waals surface area contributed by atoms with Crippen molar-refractivity contribution in [3.05, 3.63) is 0 Å². The number of carbonyl (C=O) groups excluding carboxylic acids is 1. The van der Waals surface area contributed by atoms with Gasteiger partial charge in [0.2, 0.25) is 5.91 Å². The van der Waals surface area contributed by atoms with Gasteiger partial charge in [-0.3, -0.25) is 4.79 Å². The van der Waals surface area contributed by atoms with Crippen LogP contribution in [0.3, 0.4) is 0 Å². The lowest BCUT2D eigenvalue weighted by atomic mass is 10.0. The van der Waals surface area contributed by atoms with Gasteiger partial charge in [0.15, 0.2) is 0 Å². The summed E-state index contributed by atoms with van der Waals surface area (Å²) in [5, 5.41) is 3.57. The highest BCUT2D eigenvalue weighted by molar-refractivity contribution is 8.00. The predicted octanol–water partition coefficient (Wildman–Crippen LogP) is 1.13. The second kappa shape index (κ2) is 5.03. The highest BCUT2D eigenvalue weighted by atomic mass is 32.2. The molecule has 1 atom stereocenters. The number of thioether (sulfide) groups is 1. The molecular formula is C10H20N2OS. The van der Waals surface area contributed by atoms with Crippen LogP contribution in [0.15, 0.2) is 0 Å². The summed E-state index contributed by atoms with van der Waals surface area (Å²) in [6, 6.07) is 0. The van der Waals surface area contributed by atoms with Gasteiger partial charge in [-0.25, -0.2) is 0 Å². The Morgan fingerprint density at radius 3 is 2.86 bits per heavy atom. The van der Waals surface area contributed by atoms with Crippen molar-refractivity contribution in [1.29, 1.82) is 0 Å². The van der Waals surface area contributed by atoms with Gasteiger partial charge in [0.05, 0.1) is 0 Å². The van der Waals surface area contributed by atoms with Crippen LogP contribution in [0.4, 0.5) is 0 Å². The number of nitrogens with one attached hydrogen (secondary N) is 1. The van der Waals surface area contributed by atoms with Crippen molar-refractivity contribution >= 4 is 17.7 Å². The Balaban J connectivity index is 2.14. The Hall–Kier alpha value is -0.220. The molecule has 1 rings (SSSR count). The fourth-order valence-corrected chi connectivity index (χ4v) is 2.71. The molecule has 0 aliphatic carbocycles. The van der Waals surface area contributed by atoms with Gasteiger partial charge in [0.25, 0.3) is 0 Å². The third kappa shape index (κ3) is 4.86. The average molecular weight is 216 g/mol. The minimum atomic E-state index is -0.396. The zero-order valence-electron chi connectivity index (χ0n) is 9.01. The lowest BCUT2D eigenvalue weighted by Crippen LogP contribution is -2.40. The van der Waals surface area contributed by atoms with Crippen LogP contribution in [0, 0.1) is 0 Å². The lowest BCUT2D eigenvalue weighted by molar-refractivity contribution is -0.121. The molecule has 1 amide bonds. The molecule has 0 radical (unpaired) electrons. The van der Waals surface area contributed by atoms with Crippen LogP contribution in [-0.2, 0) is 4.79 Å². The first kappa shape index (κ1) is 11.9. The fraction of sp³-hybridized carbons (Fsp3) is 0.900. The van der Waals surface area contributed by atoms with Crippen molar-refractivity contribution in [2.24, 2.45) is 5.73 Å². The van der Waals surface area contributed by atoms with Gasteiger partial charge in [-0.15, -0.1) is 0 Å². The first-order valence-electron chi connectivity index (χ1n) is 5.14. The van der Waals surface area contributed by atoms with Gasteiger partial charge >= 0.3 is 0 Å². The molecule has 82 valence electrons. The van der Waals surface area contributed by atoms with Crippen LogP contribution >= 0.6 is 11.8 Å². The summed E-state index contributed by atoms with van der Waals surface area (Å²) < 4.78 is 0. The molecule has 0 bridgehead atoms. The molecule has 1 unspecified atom stereocenters. The van der Waals surface area contributed by atoms with Crippen LogP contribution in [-0.4, -0.2) is 29.0 Å². The summed E-state index contributed by atoms with van der Waals surface area (Å²) in [4.78, 5) is 11.4. The molecule has 3 nitrogen and oxygen atoms in total. The summed E-state index contributed by atoms with van der Waals surface area (Å²) in [5.74, 6) is 1.31. The molecule has 1 fully saturated rings. The number of nitrogens with two attached hydrogens (primary N) is 1. The molecule has 0 aromatic rings. The van der Waals surface area contributed by atoms with E-state index in [1.165, 1.54) is 18.6 Å². The molecule has 1 aliphatic heterocycles. The maximum Gasteiger partial charge on any atom is 0.221 e. The second-order valence-electron chi connectivity index (χ2n) is 4.60. The molecule has 1 saturated heterocycles. The summed E-state index contributed by atoms with van der Waals surface area (Å²) in [6.45, 7) is 4.55. The van der Waals surface area contributed by atoms with E-state index < -0.39 is 5.54 Å². The minimum Gasteiger partial charge on any atom is -0.355 e. The van der Waals surface area contributed by atoms with Crippen LogP contribution < -0.4 is 11.1 Å². The quantitative estimate of drug-likeness (QED) is 0.740. The predicted molar refractivity (Wildman–Crippen MR) is 61.4 cm³/mol. The van der Waals surface area contributed by atoms with Gasteiger partial charge in [0, 0.05) is 23.8 Å². The molecule has 3 N–H and O–H groups in total. The molecule has 0 aromatic carbocycles. The first-order chi connectivity index (χ1) is 6.47. The molecule has 0 spiro atoms. The number of hydrogen-bond donors (Lipinski definition) is 2. The van der Waals surface area contributed by atoms with Crippen molar-refractivity contribution < 1.29 is 4.79 Å². The standard InChI is InChI=1S/C10H20N2OS/c1-10(2,11)6-9(13)12-7-8-4-3-5-14-8/h8H,3-7,11H2,1-2H3,(H,12,13). The zero-order valence-corrected chi connectivity index (χ0v) is 9.82. The smallest absolute Gasteiger partial charge is 0.221 e. The van der Waals surface area contributed by atoms with E-state index in [2.05, 4.69) is 5.32 Å². The number of hydrogen-bond acceptors (Lipinski definition) is 3. The van der Waals surface area contributed by atoms with Crippen LogP contribution in [0.5, 0.6) is 0 Å². The Morgan fingerprint density at radius 2 is 2.36 bits per heavy atom. The largest absolute Gasteiger partial charge is 0.355 e. The van der Waals surface area contributed by atoms with E-state index in [4.69, 9.17) is 5.73 Å². The van der Waals surface area contributed by atoms with E-state index in [1.54, 1.807) is 0 Å². The molecule has 0 saturated carbocycles. The minimum absolute atomic E-state index is 0.0741. The highest BCUT2D eigenvalue weighted by Gasteiger charge is 2.19. The molecule has 4 heteroatoms. The Morgan fingerprint density at radius 1 is 1.64 bits per heavy atom. The molecule has 1 aliphatic rings. The fourth-order valence-electron chi connectivity index (χ4n) is 1.51. The highest BCUT2D eigenvalue weighted by Crippen LogP contribution is 2.25. The molecule has 0 aromatic heterocycles. The Labute approximate surface area is 90.2 Å². The number of carbonyl (C=O) groups is 1. The SMILES string of the molecule is CC(C)(N)CC(=O)NCC1CCCS1. The maximum atomic E-state index is 11.4. The maximum absolute atomic E-state index is 11.4. The van der Waals surface area contributed by atoms with Crippen LogP contribution in [0.2, 0.25) is 0 Å². The molecule has 14 heavy (non-hydrogen) atoms. The van der Waals surface area contributed by atoms with E-state index >= 15 is 0 Å². The third-order valence-corrected chi connectivity index (χ3v) is 3.57. The van der Waals surface area contributed by atoms with Gasteiger partial charge in [-0.2, -0.15) is 11.8 Å². The second-order valence-corrected chi connectivity index (χ2v) is 6.01. The van der Waals surface area contributed by atoms with Gasteiger partial charge < -0.3 is 11.1 Å². The first-order valence-corrected chi connectivity index (χ1v) is 6.19. The van der Waals surface area contributed by atoms with Gasteiger partial charge in [-0.1, -0.05) is 0 Å². The topological polar surface area (TPSA) is 55.1 Å². The third-order valence-electron chi connectivity index (χ3n) is 2.17. The molecule has 1 heterocycles. The summed E-state index contributed by atoms with van der Waals surface area (Å²) >= 11 is 1.96. The summed E-state index contributed by atoms with van der Waals surface area (Å²) in [6.07, 6.45) is 2.93. The van der Waals surface area contributed by atoms with E-state index in [1.807, 2.05) is 25.6 Å². The van der Waals surface area contributed by atoms with Crippen molar-refractivity contribution in [3.63, 3.8) is 0 Å². The Kier molecular flexibility index (Phi) is 4.26. The van der Waals surface area contributed by atoms with Crippen LogP contribution in [0.1, 0.15) is 33.1 Å². The zero-order chi connectivity index (χ0) is 10.6.